The van der Waals surface area contributed by atoms with Gasteiger partial charge < -0.3 is 9.84 Å². The van der Waals surface area contributed by atoms with Gasteiger partial charge in [-0.1, -0.05) is 17.8 Å². The first-order chi connectivity index (χ1) is 8.63. The van der Waals surface area contributed by atoms with Crippen molar-refractivity contribution in [2.24, 2.45) is 4.99 Å². The average molecular weight is 281 g/mol. The number of phenolic OH excluding ortho intramolecular Hbond substituents is 1. The largest absolute Gasteiger partial charge is 0.504 e. The molecule has 94 valence electrons. The van der Waals surface area contributed by atoms with Gasteiger partial charge in [0.2, 0.25) is 0 Å². The fraction of sp³-hybridized carbons (Fsp3) is 0.167. The van der Waals surface area contributed by atoms with E-state index in [1.807, 2.05) is 6.26 Å². The highest BCUT2D eigenvalue weighted by atomic mass is 32.2. The molecule has 0 radical (unpaired) electrons. The van der Waals surface area contributed by atoms with Gasteiger partial charge in [-0.2, -0.15) is 4.99 Å². The molecule has 1 aliphatic rings. The predicted octanol–water partition coefficient (Wildman–Crippen LogP) is 2.73. The summed E-state index contributed by atoms with van der Waals surface area (Å²) in [6.07, 6.45) is 3.62. The zero-order valence-electron chi connectivity index (χ0n) is 9.84. The van der Waals surface area contributed by atoms with Gasteiger partial charge in [0.15, 0.2) is 11.5 Å². The van der Waals surface area contributed by atoms with Crippen molar-refractivity contribution in [2.75, 3.05) is 13.4 Å². The maximum absolute atomic E-state index is 11.6. The Balaban J connectivity index is 2.27. The molecule has 2 rings (SSSR count). The fourth-order valence-electron chi connectivity index (χ4n) is 1.41. The number of thioether (sulfide) groups is 2. The Morgan fingerprint density at radius 3 is 2.89 bits per heavy atom. The van der Waals surface area contributed by atoms with Crippen LogP contribution in [0.15, 0.2) is 28.1 Å². The molecule has 0 spiro atoms. The highest BCUT2D eigenvalue weighted by Crippen LogP contribution is 2.34. The van der Waals surface area contributed by atoms with Crippen LogP contribution < -0.4 is 4.74 Å². The minimum atomic E-state index is -0.226. The van der Waals surface area contributed by atoms with Crippen LogP contribution in [0.1, 0.15) is 5.56 Å². The topological polar surface area (TPSA) is 58.9 Å². The summed E-state index contributed by atoms with van der Waals surface area (Å²) < 4.78 is 5.76. The van der Waals surface area contributed by atoms with E-state index in [0.29, 0.717) is 10.7 Å². The molecule has 1 aliphatic heterocycles. The molecule has 4 nitrogen and oxygen atoms in total. The molecule has 1 aromatic rings. The molecular weight excluding hydrogens is 270 g/mol. The van der Waals surface area contributed by atoms with E-state index in [1.54, 1.807) is 18.2 Å². The minimum absolute atomic E-state index is 0.0751. The Bertz CT molecular complexity index is 552. The number of nitrogens with zero attached hydrogens (tertiary/aromatic N) is 1. The Kier molecular flexibility index (Phi) is 3.98. The van der Waals surface area contributed by atoms with Crippen molar-refractivity contribution in [3.8, 4) is 11.5 Å². The number of hydrogen-bond donors (Lipinski definition) is 1. The van der Waals surface area contributed by atoms with Crippen LogP contribution in [0.25, 0.3) is 6.08 Å². The van der Waals surface area contributed by atoms with Gasteiger partial charge in [0.25, 0.3) is 5.91 Å². The van der Waals surface area contributed by atoms with Crippen molar-refractivity contribution in [1.82, 2.24) is 0 Å². The second-order valence-electron chi connectivity index (χ2n) is 3.43. The maximum atomic E-state index is 11.6. The molecule has 1 aromatic carbocycles. The molecular formula is C12H11NO3S2. The van der Waals surface area contributed by atoms with Gasteiger partial charge in [0.1, 0.15) is 4.38 Å². The van der Waals surface area contributed by atoms with Crippen LogP contribution in [0.4, 0.5) is 0 Å². The molecule has 0 saturated heterocycles. The van der Waals surface area contributed by atoms with Gasteiger partial charge in [0.05, 0.1) is 12.0 Å². The zero-order chi connectivity index (χ0) is 13.1. The molecule has 18 heavy (non-hydrogen) atoms. The van der Waals surface area contributed by atoms with Gasteiger partial charge in [-0.25, -0.2) is 0 Å². The van der Waals surface area contributed by atoms with E-state index in [0.717, 1.165) is 9.94 Å². The van der Waals surface area contributed by atoms with Crippen molar-refractivity contribution in [1.29, 1.82) is 0 Å². The fourth-order valence-corrected chi connectivity index (χ4v) is 2.83. The lowest BCUT2D eigenvalue weighted by atomic mass is 10.2. The molecule has 0 atom stereocenters. The van der Waals surface area contributed by atoms with E-state index in [9.17, 15) is 9.90 Å². The highest BCUT2D eigenvalue weighted by molar-refractivity contribution is 8.40. The summed E-state index contributed by atoms with van der Waals surface area (Å²) in [4.78, 5) is 16.1. The lowest BCUT2D eigenvalue weighted by Gasteiger charge is -2.04. The maximum Gasteiger partial charge on any atom is 0.285 e. The molecule has 1 N–H and O–H groups in total. The number of aliphatic imine (C=N–C) groups is 1. The second kappa shape index (κ2) is 5.49. The van der Waals surface area contributed by atoms with Crippen LogP contribution in [0.3, 0.4) is 0 Å². The van der Waals surface area contributed by atoms with E-state index in [1.165, 1.54) is 36.7 Å². The summed E-state index contributed by atoms with van der Waals surface area (Å²) in [5.41, 5.74) is 0.790. The normalized spacial score (nSPS) is 17.1. The number of methoxy groups -OCH3 is 1. The monoisotopic (exact) mass is 281 g/mol. The average Bonchev–Trinajstić information content (AvgIpc) is 2.72. The van der Waals surface area contributed by atoms with E-state index in [-0.39, 0.29) is 11.7 Å². The minimum Gasteiger partial charge on any atom is -0.504 e. The molecule has 0 fully saturated rings. The molecule has 0 aliphatic carbocycles. The van der Waals surface area contributed by atoms with Crippen molar-refractivity contribution in [3.63, 3.8) is 0 Å². The Morgan fingerprint density at radius 2 is 2.28 bits per heavy atom. The van der Waals surface area contributed by atoms with Crippen LogP contribution in [-0.4, -0.2) is 28.8 Å². The van der Waals surface area contributed by atoms with Gasteiger partial charge in [-0.15, -0.1) is 11.8 Å². The summed E-state index contributed by atoms with van der Waals surface area (Å²) in [7, 11) is 1.48. The standard InChI is InChI=1S/C12H11NO3S2/c1-16-9-5-7(3-4-8(9)14)6-10-11(15)13-12(17-2)18-10/h3-6,14H,1-2H3/b10-6+. The molecule has 0 saturated carbocycles. The lowest BCUT2D eigenvalue weighted by molar-refractivity contribution is -0.113. The molecule has 1 heterocycles. The Labute approximate surface area is 113 Å². The van der Waals surface area contributed by atoms with Crippen LogP contribution in [0, 0.1) is 0 Å². The Morgan fingerprint density at radius 1 is 1.50 bits per heavy atom. The van der Waals surface area contributed by atoms with Crippen LogP contribution >= 0.6 is 23.5 Å². The quantitative estimate of drug-likeness (QED) is 0.845. The van der Waals surface area contributed by atoms with Gasteiger partial charge >= 0.3 is 0 Å². The molecule has 1 amide bonds. The van der Waals surface area contributed by atoms with E-state index in [4.69, 9.17) is 4.74 Å². The number of carbonyl (C=O) groups excluding carboxylic acids is 1. The lowest BCUT2D eigenvalue weighted by Crippen LogP contribution is -1.89. The molecule has 0 bridgehead atoms. The number of aromatic hydroxyl groups is 1. The van der Waals surface area contributed by atoms with Crippen molar-refractivity contribution < 1.29 is 14.6 Å². The highest BCUT2D eigenvalue weighted by Gasteiger charge is 2.21. The van der Waals surface area contributed by atoms with E-state index < -0.39 is 0 Å². The SMILES string of the molecule is COc1cc(/C=C2/SC(SC)=NC2=O)ccc1O. The summed E-state index contributed by atoms with van der Waals surface area (Å²) >= 11 is 2.80. The predicted molar refractivity (Wildman–Crippen MR) is 76.2 cm³/mol. The first kappa shape index (κ1) is 13.0. The van der Waals surface area contributed by atoms with Crippen molar-refractivity contribution in [2.45, 2.75) is 0 Å². The van der Waals surface area contributed by atoms with Gasteiger partial charge in [-0.05, 0) is 30.0 Å². The summed E-state index contributed by atoms with van der Waals surface area (Å²) in [6.45, 7) is 0. The smallest absolute Gasteiger partial charge is 0.285 e. The summed E-state index contributed by atoms with van der Waals surface area (Å²) in [5.74, 6) is 0.230. The first-order valence-corrected chi connectivity index (χ1v) is 7.11. The third-order valence-corrected chi connectivity index (χ3v) is 4.25. The van der Waals surface area contributed by atoms with Gasteiger partial charge in [0, 0.05) is 0 Å². The molecule has 0 unspecified atom stereocenters. The number of carbonyl (C=O) groups is 1. The third kappa shape index (κ3) is 2.70. The number of rotatable bonds is 2. The number of benzene rings is 1. The molecule has 6 heteroatoms. The summed E-state index contributed by atoms with van der Waals surface area (Å²) in [5, 5.41) is 9.48. The van der Waals surface area contributed by atoms with E-state index in [2.05, 4.69) is 4.99 Å². The number of phenols is 1. The van der Waals surface area contributed by atoms with Crippen LogP contribution in [-0.2, 0) is 4.79 Å². The van der Waals surface area contributed by atoms with E-state index >= 15 is 0 Å². The second-order valence-corrected chi connectivity index (χ2v) is 5.51. The number of ether oxygens (including phenoxy) is 1. The Hall–Kier alpha value is -1.40. The number of amides is 1. The van der Waals surface area contributed by atoms with Crippen molar-refractivity contribution >= 4 is 39.9 Å². The summed E-state index contributed by atoms with van der Waals surface area (Å²) in [6, 6.07) is 4.93. The molecule has 0 aromatic heterocycles. The van der Waals surface area contributed by atoms with Crippen LogP contribution in [0.2, 0.25) is 0 Å². The van der Waals surface area contributed by atoms with Crippen LogP contribution in [0.5, 0.6) is 11.5 Å². The number of hydrogen-bond acceptors (Lipinski definition) is 5. The first-order valence-electron chi connectivity index (χ1n) is 5.07. The van der Waals surface area contributed by atoms with Gasteiger partial charge in [-0.3, -0.25) is 4.79 Å². The zero-order valence-corrected chi connectivity index (χ0v) is 11.5. The third-order valence-electron chi connectivity index (χ3n) is 2.28. The van der Waals surface area contributed by atoms with Crippen molar-refractivity contribution in [3.05, 3.63) is 28.7 Å².